The summed E-state index contributed by atoms with van der Waals surface area (Å²) in [4.78, 5) is 3.15. The van der Waals surface area contributed by atoms with Gasteiger partial charge >= 0.3 is 6.18 Å². The molecule has 0 saturated heterocycles. The molecule has 1 rings (SSSR count). The van der Waals surface area contributed by atoms with Gasteiger partial charge in [0.25, 0.3) is 0 Å². The molecule has 0 amide bonds. The molecule has 14 heavy (non-hydrogen) atoms. The van der Waals surface area contributed by atoms with E-state index in [9.17, 15) is 13.2 Å². The molecule has 0 N–H and O–H groups in total. The molecule has 0 radical (unpaired) electrons. The van der Waals surface area contributed by atoms with E-state index in [4.69, 9.17) is 0 Å². The molecule has 0 atom stereocenters. The highest BCUT2D eigenvalue weighted by Crippen LogP contribution is 2.19. The molecule has 0 unspecified atom stereocenters. The SMILES string of the molecule is CC(C)CN1C=CN(CC(F)(F)F)C1. The lowest BCUT2D eigenvalue weighted by atomic mass is 10.2. The van der Waals surface area contributed by atoms with Gasteiger partial charge in [0, 0.05) is 18.9 Å². The summed E-state index contributed by atoms with van der Waals surface area (Å²) in [6, 6.07) is 0. The molecule has 0 fully saturated rings. The first kappa shape index (κ1) is 11.2. The highest BCUT2D eigenvalue weighted by atomic mass is 19.4. The fraction of sp³-hybridized carbons (Fsp3) is 0.778. The van der Waals surface area contributed by atoms with Crippen molar-refractivity contribution in [1.82, 2.24) is 9.80 Å². The van der Waals surface area contributed by atoms with Gasteiger partial charge in [0.2, 0.25) is 0 Å². The number of hydrogen-bond acceptors (Lipinski definition) is 2. The Morgan fingerprint density at radius 2 is 1.79 bits per heavy atom. The lowest BCUT2D eigenvalue weighted by molar-refractivity contribution is -0.141. The van der Waals surface area contributed by atoms with Crippen molar-refractivity contribution in [2.24, 2.45) is 5.92 Å². The Hall–Kier alpha value is -0.870. The Morgan fingerprint density at radius 3 is 2.29 bits per heavy atom. The molecule has 0 bridgehead atoms. The van der Waals surface area contributed by atoms with Crippen LogP contribution in [0.15, 0.2) is 12.4 Å². The van der Waals surface area contributed by atoms with Crippen LogP contribution in [0, 0.1) is 5.92 Å². The Bertz CT molecular complexity index is 211. The van der Waals surface area contributed by atoms with Crippen molar-refractivity contribution in [3.8, 4) is 0 Å². The summed E-state index contributed by atoms with van der Waals surface area (Å²) in [5, 5.41) is 0. The van der Waals surface area contributed by atoms with E-state index in [2.05, 4.69) is 0 Å². The molecule has 0 aromatic heterocycles. The van der Waals surface area contributed by atoms with E-state index >= 15 is 0 Å². The summed E-state index contributed by atoms with van der Waals surface area (Å²) in [6.07, 6.45) is -0.903. The van der Waals surface area contributed by atoms with Crippen LogP contribution in [0.5, 0.6) is 0 Å². The van der Waals surface area contributed by atoms with Gasteiger partial charge in [-0.25, -0.2) is 0 Å². The second-order valence-electron chi connectivity index (χ2n) is 3.97. The predicted molar refractivity (Wildman–Crippen MR) is 48.3 cm³/mol. The monoisotopic (exact) mass is 208 g/mol. The van der Waals surface area contributed by atoms with Crippen LogP contribution in [-0.2, 0) is 0 Å². The minimum Gasteiger partial charge on any atom is -0.358 e. The molecule has 0 spiro atoms. The van der Waals surface area contributed by atoms with Gasteiger partial charge < -0.3 is 9.80 Å². The summed E-state index contributed by atoms with van der Waals surface area (Å²) in [6.45, 7) is 4.36. The lowest BCUT2D eigenvalue weighted by Gasteiger charge is -2.23. The van der Waals surface area contributed by atoms with E-state index in [1.807, 2.05) is 18.7 Å². The number of alkyl halides is 3. The van der Waals surface area contributed by atoms with E-state index in [0.29, 0.717) is 12.6 Å². The number of rotatable bonds is 3. The zero-order chi connectivity index (χ0) is 10.8. The third-order valence-electron chi connectivity index (χ3n) is 1.83. The minimum absolute atomic E-state index is 0.345. The lowest BCUT2D eigenvalue weighted by Crippen LogP contribution is -2.34. The largest absolute Gasteiger partial charge is 0.405 e. The molecule has 5 heteroatoms. The standard InChI is InChI=1S/C9H15F3N2/c1-8(2)5-13-3-4-14(7-13)6-9(10,11)12/h3-4,8H,5-7H2,1-2H3. The maximum absolute atomic E-state index is 12.0. The van der Waals surface area contributed by atoms with Gasteiger partial charge in [0.05, 0.1) is 6.67 Å². The van der Waals surface area contributed by atoms with E-state index in [1.165, 1.54) is 11.1 Å². The smallest absolute Gasteiger partial charge is 0.358 e. The van der Waals surface area contributed by atoms with Gasteiger partial charge in [-0.2, -0.15) is 13.2 Å². The van der Waals surface area contributed by atoms with Gasteiger partial charge in [0.15, 0.2) is 0 Å². The van der Waals surface area contributed by atoms with E-state index in [1.54, 1.807) is 6.20 Å². The topological polar surface area (TPSA) is 6.48 Å². The van der Waals surface area contributed by atoms with Crippen molar-refractivity contribution in [2.75, 3.05) is 19.8 Å². The number of hydrogen-bond donors (Lipinski definition) is 0. The van der Waals surface area contributed by atoms with Crippen LogP contribution in [0.3, 0.4) is 0 Å². The molecule has 0 saturated carbocycles. The van der Waals surface area contributed by atoms with Crippen LogP contribution in [0.2, 0.25) is 0 Å². The predicted octanol–water partition coefficient (Wildman–Crippen LogP) is 2.25. The van der Waals surface area contributed by atoms with Gasteiger partial charge in [-0.3, -0.25) is 0 Å². The highest BCUT2D eigenvalue weighted by molar-refractivity contribution is 4.91. The highest BCUT2D eigenvalue weighted by Gasteiger charge is 2.31. The molecular formula is C9H15F3N2. The van der Waals surface area contributed by atoms with Crippen LogP contribution in [0.1, 0.15) is 13.8 Å². The first-order valence-corrected chi connectivity index (χ1v) is 4.60. The van der Waals surface area contributed by atoms with Crippen LogP contribution < -0.4 is 0 Å². The van der Waals surface area contributed by atoms with Crippen molar-refractivity contribution in [3.05, 3.63) is 12.4 Å². The third kappa shape index (κ3) is 3.89. The number of nitrogens with zero attached hydrogens (tertiary/aromatic N) is 2. The van der Waals surface area contributed by atoms with Crippen LogP contribution in [0.4, 0.5) is 13.2 Å². The Labute approximate surface area is 82.0 Å². The normalized spacial score (nSPS) is 17.3. The van der Waals surface area contributed by atoms with Crippen molar-refractivity contribution < 1.29 is 13.2 Å². The average Bonchev–Trinajstić information content (AvgIpc) is 2.30. The maximum Gasteiger partial charge on any atom is 0.405 e. The third-order valence-corrected chi connectivity index (χ3v) is 1.83. The summed E-state index contributed by atoms with van der Waals surface area (Å²) in [5.74, 6) is 0.463. The maximum atomic E-state index is 12.0. The van der Waals surface area contributed by atoms with Gasteiger partial charge in [-0.05, 0) is 5.92 Å². The zero-order valence-corrected chi connectivity index (χ0v) is 8.38. The fourth-order valence-corrected chi connectivity index (χ4v) is 1.44. The number of halogens is 3. The van der Waals surface area contributed by atoms with Crippen molar-refractivity contribution in [3.63, 3.8) is 0 Å². The first-order chi connectivity index (χ1) is 6.37. The van der Waals surface area contributed by atoms with E-state index in [0.717, 1.165) is 6.54 Å². The summed E-state index contributed by atoms with van der Waals surface area (Å²) < 4.78 is 36.0. The van der Waals surface area contributed by atoms with Gasteiger partial charge in [0.1, 0.15) is 6.54 Å². The first-order valence-electron chi connectivity index (χ1n) is 4.60. The second-order valence-corrected chi connectivity index (χ2v) is 3.97. The molecule has 0 aliphatic carbocycles. The Kier molecular flexibility index (Phi) is 3.29. The van der Waals surface area contributed by atoms with Crippen molar-refractivity contribution >= 4 is 0 Å². The zero-order valence-electron chi connectivity index (χ0n) is 8.38. The Morgan fingerprint density at radius 1 is 1.21 bits per heavy atom. The minimum atomic E-state index is -4.11. The summed E-state index contributed by atoms with van der Waals surface area (Å²) >= 11 is 0. The van der Waals surface area contributed by atoms with Gasteiger partial charge in [-0.15, -0.1) is 0 Å². The molecule has 1 aliphatic rings. The van der Waals surface area contributed by atoms with Crippen molar-refractivity contribution in [1.29, 1.82) is 0 Å². The quantitative estimate of drug-likeness (QED) is 0.702. The second kappa shape index (κ2) is 4.11. The van der Waals surface area contributed by atoms with Crippen molar-refractivity contribution in [2.45, 2.75) is 20.0 Å². The fourth-order valence-electron chi connectivity index (χ4n) is 1.44. The molecule has 0 aromatic rings. The molecular weight excluding hydrogens is 193 g/mol. The summed E-state index contributed by atoms with van der Waals surface area (Å²) in [7, 11) is 0. The molecule has 82 valence electrons. The molecule has 2 nitrogen and oxygen atoms in total. The summed E-state index contributed by atoms with van der Waals surface area (Å²) in [5.41, 5.74) is 0. The Balaban J connectivity index is 2.32. The molecule has 1 heterocycles. The molecule has 1 aliphatic heterocycles. The van der Waals surface area contributed by atoms with E-state index < -0.39 is 12.7 Å². The average molecular weight is 208 g/mol. The van der Waals surface area contributed by atoms with Crippen LogP contribution in [-0.4, -0.2) is 35.7 Å². The van der Waals surface area contributed by atoms with Crippen LogP contribution >= 0.6 is 0 Å². The van der Waals surface area contributed by atoms with Gasteiger partial charge in [-0.1, -0.05) is 13.8 Å². The van der Waals surface area contributed by atoms with E-state index in [-0.39, 0.29) is 0 Å². The molecule has 0 aromatic carbocycles. The van der Waals surface area contributed by atoms with Crippen LogP contribution in [0.25, 0.3) is 0 Å².